The first-order chi connectivity index (χ1) is 12.3. The van der Waals surface area contributed by atoms with Crippen LogP contribution in [-0.4, -0.2) is 26.4 Å². The Kier molecular flexibility index (Phi) is 3.64. The molecule has 1 fully saturated rings. The van der Waals surface area contributed by atoms with Gasteiger partial charge in [0, 0.05) is 12.0 Å². The molecule has 4 rings (SSSR count). The first-order valence-electron chi connectivity index (χ1n) is 8.08. The Morgan fingerprint density at radius 3 is 2.62 bits per heavy atom. The molecule has 1 aromatic carbocycles. The monoisotopic (exact) mass is 365 g/mol. The van der Waals surface area contributed by atoms with Crippen LogP contribution in [0.5, 0.6) is 0 Å². The van der Waals surface area contributed by atoms with E-state index in [0.29, 0.717) is 48.3 Å². The third-order valence-electron chi connectivity index (χ3n) is 4.72. The first kappa shape index (κ1) is 16.7. The number of fused-ring (bicyclic) bond motifs is 1. The van der Waals surface area contributed by atoms with E-state index >= 15 is 0 Å². The number of aromatic nitrogens is 4. The SMILES string of the molecule is Cc1nnc2ccc(NCC3(c4cc(F)cc(C(F)(F)F)c4)CC3)nn12. The van der Waals surface area contributed by atoms with Gasteiger partial charge in [0.25, 0.3) is 0 Å². The van der Waals surface area contributed by atoms with E-state index in [1.807, 2.05) is 0 Å². The minimum Gasteiger partial charge on any atom is -0.368 e. The van der Waals surface area contributed by atoms with Gasteiger partial charge in [-0.3, -0.25) is 0 Å². The average Bonchev–Trinajstić information content (AvgIpc) is 3.30. The van der Waals surface area contributed by atoms with Gasteiger partial charge in [0.15, 0.2) is 11.5 Å². The molecule has 2 heterocycles. The minimum absolute atomic E-state index is 0.360. The fraction of sp³-hybridized carbons (Fsp3) is 0.353. The summed E-state index contributed by atoms with van der Waals surface area (Å²) in [6.45, 7) is 2.14. The van der Waals surface area contributed by atoms with Gasteiger partial charge in [0.05, 0.1) is 5.56 Å². The zero-order valence-electron chi connectivity index (χ0n) is 13.8. The van der Waals surface area contributed by atoms with E-state index in [9.17, 15) is 17.6 Å². The molecule has 0 amide bonds. The van der Waals surface area contributed by atoms with Crippen LogP contribution >= 0.6 is 0 Å². The lowest BCUT2D eigenvalue weighted by atomic mass is 9.94. The van der Waals surface area contributed by atoms with Crippen LogP contribution < -0.4 is 5.32 Å². The summed E-state index contributed by atoms with van der Waals surface area (Å²) in [7, 11) is 0. The van der Waals surface area contributed by atoms with Crippen molar-refractivity contribution in [3.63, 3.8) is 0 Å². The fourth-order valence-electron chi connectivity index (χ4n) is 3.03. The Hall–Kier alpha value is -2.71. The van der Waals surface area contributed by atoms with Crippen molar-refractivity contribution < 1.29 is 17.6 Å². The maximum atomic E-state index is 13.7. The second kappa shape index (κ2) is 5.65. The first-order valence-corrected chi connectivity index (χ1v) is 8.08. The van der Waals surface area contributed by atoms with E-state index < -0.39 is 23.0 Å². The molecule has 0 spiro atoms. The van der Waals surface area contributed by atoms with Crippen molar-refractivity contribution in [3.05, 3.63) is 53.1 Å². The van der Waals surface area contributed by atoms with Crippen LogP contribution in [0, 0.1) is 12.7 Å². The summed E-state index contributed by atoms with van der Waals surface area (Å²) >= 11 is 0. The average molecular weight is 365 g/mol. The molecule has 0 bridgehead atoms. The van der Waals surface area contributed by atoms with Gasteiger partial charge < -0.3 is 5.32 Å². The minimum atomic E-state index is -4.57. The number of nitrogens with one attached hydrogen (secondary N) is 1. The number of halogens is 4. The number of hydrogen-bond acceptors (Lipinski definition) is 4. The molecule has 1 aliphatic carbocycles. The Morgan fingerprint density at radius 1 is 1.15 bits per heavy atom. The van der Waals surface area contributed by atoms with Crippen molar-refractivity contribution in [1.82, 2.24) is 19.8 Å². The van der Waals surface area contributed by atoms with Crippen LogP contribution in [0.25, 0.3) is 5.65 Å². The molecule has 1 saturated carbocycles. The number of hydrogen-bond donors (Lipinski definition) is 1. The highest BCUT2D eigenvalue weighted by atomic mass is 19.4. The molecule has 0 atom stereocenters. The third kappa shape index (κ3) is 2.97. The van der Waals surface area contributed by atoms with E-state index in [2.05, 4.69) is 20.6 Å². The topological polar surface area (TPSA) is 55.1 Å². The fourth-order valence-corrected chi connectivity index (χ4v) is 3.03. The van der Waals surface area contributed by atoms with Crippen LogP contribution in [0.1, 0.15) is 29.8 Å². The molecule has 5 nitrogen and oxygen atoms in total. The molecule has 3 aromatic rings. The van der Waals surface area contributed by atoms with Crippen LogP contribution in [0.3, 0.4) is 0 Å². The summed E-state index contributed by atoms with van der Waals surface area (Å²) in [5.41, 5.74) is -0.507. The van der Waals surface area contributed by atoms with Crippen molar-refractivity contribution in [2.75, 3.05) is 11.9 Å². The van der Waals surface area contributed by atoms with E-state index in [1.165, 1.54) is 6.07 Å². The van der Waals surface area contributed by atoms with Crippen molar-refractivity contribution >= 4 is 11.5 Å². The number of alkyl halides is 3. The molecule has 0 saturated heterocycles. The van der Waals surface area contributed by atoms with Gasteiger partial charge in [0.2, 0.25) is 0 Å². The quantitative estimate of drug-likeness (QED) is 0.716. The Balaban J connectivity index is 1.58. The number of aryl methyl sites for hydroxylation is 1. The number of nitrogens with zero attached hydrogens (tertiary/aromatic N) is 4. The van der Waals surface area contributed by atoms with Crippen molar-refractivity contribution in [1.29, 1.82) is 0 Å². The molecule has 0 aliphatic heterocycles. The van der Waals surface area contributed by atoms with Gasteiger partial charge in [-0.2, -0.15) is 17.7 Å². The lowest BCUT2D eigenvalue weighted by Crippen LogP contribution is -2.21. The maximum Gasteiger partial charge on any atom is 0.416 e. The lowest BCUT2D eigenvalue weighted by molar-refractivity contribution is -0.137. The summed E-state index contributed by atoms with van der Waals surface area (Å²) in [6.07, 6.45) is -3.19. The summed E-state index contributed by atoms with van der Waals surface area (Å²) in [4.78, 5) is 0. The molecule has 136 valence electrons. The highest BCUT2D eigenvalue weighted by molar-refractivity contribution is 5.46. The molecule has 0 radical (unpaired) electrons. The van der Waals surface area contributed by atoms with Crippen molar-refractivity contribution in [3.8, 4) is 0 Å². The molecule has 2 aromatic heterocycles. The Labute approximate surface area is 146 Å². The van der Waals surface area contributed by atoms with Gasteiger partial charge >= 0.3 is 6.18 Å². The highest BCUT2D eigenvalue weighted by Gasteiger charge is 2.45. The molecule has 0 unspecified atom stereocenters. The van der Waals surface area contributed by atoms with Gasteiger partial charge in [0.1, 0.15) is 11.6 Å². The third-order valence-corrected chi connectivity index (χ3v) is 4.72. The second-order valence-electron chi connectivity index (χ2n) is 6.60. The molecular formula is C17H15F4N5. The van der Waals surface area contributed by atoms with E-state index in [-0.39, 0.29) is 0 Å². The van der Waals surface area contributed by atoms with Crippen LogP contribution in [0.2, 0.25) is 0 Å². The van der Waals surface area contributed by atoms with Gasteiger partial charge in [-0.1, -0.05) is 0 Å². The summed E-state index contributed by atoms with van der Waals surface area (Å²) in [5.74, 6) is 0.310. The standard InChI is InChI=1S/C17H15F4N5/c1-10-23-24-15-3-2-14(25-26(10)15)22-9-16(4-5-16)11-6-12(17(19,20)21)8-13(18)7-11/h2-3,6-8H,4-5,9H2,1H3,(H,22,25). The van der Waals surface area contributed by atoms with E-state index in [1.54, 1.807) is 23.6 Å². The largest absolute Gasteiger partial charge is 0.416 e. The van der Waals surface area contributed by atoms with Crippen molar-refractivity contribution in [2.24, 2.45) is 0 Å². The summed E-state index contributed by atoms with van der Waals surface area (Å²) in [5, 5.41) is 15.4. The van der Waals surface area contributed by atoms with Crippen LogP contribution in [0.4, 0.5) is 23.4 Å². The molecule has 26 heavy (non-hydrogen) atoms. The summed E-state index contributed by atoms with van der Waals surface area (Å²) in [6, 6.07) is 6.23. The van der Waals surface area contributed by atoms with Gasteiger partial charge in [-0.05, 0) is 55.7 Å². The van der Waals surface area contributed by atoms with E-state index in [4.69, 9.17) is 0 Å². The number of benzene rings is 1. The lowest BCUT2D eigenvalue weighted by Gasteiger charge is -2.19. The maximum absolute atomic E-state index is 13.7. The molecule has 9 heteroatoms. The second-order valence-corrected chi connectivity index (χ2v) is 6.60. The zero-order chi connectivity index (χ0) is 18.5. The van der Waals surface area contributed by atoms with Crippen LogP contribution in [-0.2, 0) is 11.6 Å². The number of rotatable bonds is 4. The molecule has 1 aliphatic rings. The predicted molar refractivity (Wildman–Crippen MR) is 86.3 cm³/mol. The smallest absolute Gasteiger partial charge is 0.368 e. The normalized spacial score (nSPS) is 16.0. The predicted octanol–water partition coefficient (Wildman–Crippen LogP) is 3.73. The van der Waals surface area contributed by atoms with Crippen molar-refractivity contribution in [2.45, 2.75) is 31.4 Å². The molecule has 1 N–H and O–H groups in total. The molecular weight excluding hydrogens is 350 g/mol. The zero-order valence-corrected chi connectivity index (χ0v) is 13.8. The Bertz CT molecular complexity index is 975. The summed E-state index contributed by atoms with van der Waals surface area (Å²) < 4.78 is 54.2. The van der Waals surface area contributed by atoms with Gasteiger partial charge in [-0.15, -0.1) is 15.3 Å². The Morgan fingerprint density at radius 2 is 1.92 bits per heavy atom. The number of anilines is 1. The van der Waals surface area contributed by atoms with Gasteiger partial charge in [-0.25, -0.2) is 4.39 Å². The van der Waals surface area contributed by atoms with E-state index in [0.717, 1.165) is 6.07 Å². The van der Waals surface area contributed by atoms with Crippen LogP contribution in [0.15, 0.2) is 30.3 Å². The highest BCUT2D eigenvalue weighted by Crippen LogP contribution is 2.49.